The molecule has 0 unspecified atom stereocenters. The summed E-state index contributed by atoms with van der Waals surface area (Å²) in [4.78, 5) is 25.2. The number of hydrogen-bond acceptors (Lipinski definition) is 4. The van der Waals surface area contributed by atoms with E-state index in [1.165, 1.54) is 4.90 Å². The molecule has 0 spiro atoms. The molecule has 3 aliphatic heterocycles. The van der Waals surface area contributed by atoms with Crippen LogP contribution in [-0.2, 0) is 14.3 Å². The zero-order valence-electron chi connectivity index (χ0n) is 8.39. The summed E-state index contributed by atoms with van der Waals surface area (Å²) in [7, 11) is 0. The predicted octanol–water partition coefficient (Wildman–Crippen LogP) is -0.892. The van der Waals surface area contributed by atoms with Crippen molar-refractivity contribution in [2.45, 2.75) is 25.0 Å². The third kappa shape index (κ3) is 1.05. The Morgan fingerprint density at radius 1 is 1.20 bits per heavy atom. The topological polar surface area (TPSA) is 72.6 Å². The van der Waals surface area contributed by atoms with Gasteiger partial charge in [-0.2, -0.15) is 0 Å². The molecule has 3 fully saturated rings. The van der Waals surface area contributed by atoms with Crippen LogP contribution in [0.3, 0.4) is 0 Å². The Kier molecular flexibility index (Phi) is 1.87. The van der Waals surface area contributed by atoms with Crippen molar-refractivity contribution in [2.24, 2.45) is 17.6 Å². The Labute approximate surface area is 87.5 Å². The Morgan fingerprint density at radius 2 is 1.73 bits per heavy atom. The van der Waals surface area contributed by atoms with Crippen LogP contribution in [0.5, 0.6) is 0 Å². The Morgan fingerprint density at radius 3 is 2.20 bits per heavy atom. The van der Waals surface area contributed by atoms with Crippen molar-refractivity contribution in [2.75, 3.05) is 13.1 Å². The van der Waals surface area contributed by atoms with Gasteiger partial charge in [-0.05, 0) is 12.8 Å². The lowest BCUT2D eigenvalue weighted by molar-refractivity contribution is -0.142. The van der Waals surface area contributed by atoms with Crippen molar-refractivity contribution < 1.29 is 14.3 Å². The number of rotatable bonds is 2. The third-order valence-electron chi connectivity index (χ3n) is 3.73. The van der Waals surface area contributed by atoms with Crippen LogP contribution >= 0.6 is 0 Å². The van der Waals surface area contributed by atoms with Gasteiger partial charge in [0.25, 0.3) is 0 Å². The van der Waals surface area contributed by atoms with E-state index in [-0.39, 0.29) is 35.9 Å². The maximum absolute atomic E-state index is 11.9. The fraction of sp³-hybridized carbons (Fsp3) is 0.800. The second kappa shape index (κ2) is 3.02. The first-order chi connectivity index (χ1) is 7.24. The van der Waals surface area contributed by atoms with Gasteiger partial charge in [0.05, 0.1) is 24.0 Å². The van der Waals surface area contributed by atoms with Crippen molar-refractivity contribution in [3.8, 4) is 0 Å². The smallest absolute Gasteiger partial charge is 0.235 e. The van der Waals surface area contributed by atoms with E-state index in [4.69, 9.17) is 10.5 Å². The number of nitrogens with zero attached hydrogens (tertiary/aromatic N) is 1. The van der Waals surface area contributed by atoms with Crippen LogP contribution in [-0.4, -0.2) is 42.0 Å². The Balaban J connectivity index is 1.90. The minimum absolute atomic E-state index is 0.0146. The van der Waals surface area contributed by atoms with E-state index in [1.807, 2.05) is 0 Å². The minimum Gasteiger partial charge on any atom is -0.373 e. The molecule has 0 saturated carbocycles. The van der Waals surface area contributed by atoms with Gasteiger partial charge in [0.2, 0.25) is 11.8 Å². The van der Waals surface area contributed by atoms with Gasteiger partial charge >= 0.3 is 0 Å². The highest BCUT2D eigenvalue weighted by atomic mass is 16.5. The Bertz CT molecular complexity index is 303. The van der Waals surface area contributed by atoms with Crippen LogP contribution in [0, 0.1) is 11.8 Å². The van der Waals surface area contributed by atoms with Gasteiger partial charge in [0, 0.05) is 13.1 Å². The first kappa shape index (κ1) is 9.30. The fourth-order valence-electron chi connectivity index (χ4n) is 3.12. The summed E-state index contributed by atoms with van der Waals surface area (Å²) in [5.41, 5.74) is 5.39. The van der Waals surface area contributed by atoms with Crippen LogP contribution < -0.4 is 5.73 Å². The standard InChI is InChI=1S/C10H14N2O3/c11-3-4-12-9(13)7-5-1-2-6(15-5)8(7)10(12)14/h5-8H,1-4,11H2/t5-,6+,7-,8-/m1/s1. The van der Waals surface area contributed by atoms with E-state index < -0.39 is 0 Å². The number of ether oxygens (including phenoxy) is 1. The van der Waals surface area contributed by atoms with Crippen LogP contribution in [0.4, 0.5) is 0 Å². The van der Waals surface area contributed by atoms with Crippen molar-refractivity contribution in [3.05, 3.63) is 0 Å². The van der Waals surface area contributed by atoms with Crippen LogP contribution in [0.2, 0.25) is 0 Å². The van der Waals surface area contributed by atoms with Crippen molar-refractivity contribution in [3.63, 3.8) is 0 Å². The molecule has 0 aromatic rings. The van der Waals surface area contributed by atoms with Crippen LogP contribution in [0.25, 0.3) is 0 Å². The summed E-state index contributed by atoms with van der Waals surface area (Å²) in [5, 5.41) is 0. The summed E-state index contributed by atoms with van der Waals surface area (Å²) >= 11 is 0. The number of carbonyl (C=O) groups excluding carboxylic acids is 2. The van der Waals surface area contributed by atoms with Crippen molar-refractivity contribution >= 4 is 11.8 Å². The first-order valence-electron chi connectivity index (χ1n) is 5.45. The number of hydrogen-bond donors (Lipinski definition) is 1. The summed E-state index contributed by atoms with van der Waals surface area (Å²) in [5.74, 6) is -0.545. The zero-order chi connectivity index (χ0) is 10.6. The summed E-state index contributed by atoms with van der Waals surface area (Å²) in [6, 6.07) is 0. The normalized spacial score (nSPS) is 42.9. The molecule has 82 valence electrons. The Hall–Kier alpha value is -0.940. The van der Waals surface area contributed by atoms with E-state index in [1.54, 1.807) is 0 Å². The average molecular weight is 210 g/mol. The number of fused-ring (bicyclic) bond motifs is 5. The maximum Gasteiger partial charge on any atom is 0.235 e. The molecular formula is C10H14N2O3. The molecule has 2 N–H and O–H groups in total. The number of nitrogens with two attached hydrogens (primary N) is 1. The summed E-state index contributed by atoms with van der Waals surface area (Å²) < 4.78 is 5.61. The van der Waals surface area contributed by atoms with Crippen LogP contribution in [0.1, 0.15) is 12.8 Å². The SMILES string of the molecule is NCCN1C(=O)[C@H]2[C@H](C1=O)[C@H]1CC[C@@H]2O1. The lowest BCUT2D eigenvalue weighted by Gasteiger charge is -2.15. The van der Waals surface area contributed by atoms with E-state index in [0.29, 0.717) is 13.1 Å². The highest BCUT2D eigenvalue weighted by molar-refractivity contribution is 6.06. The summed E-state index contributed by atoms with van der Waals surface area (Å²) in [6.45, 7) is 0.692. The third-order valence-corrected chi connectivity index (χ3v) is 3.73. The van der Waals surface area contributed by atoms with E-state index >= 15 is 0 Å². The molecule has 5 nitrogen and oxygen atoms in total. The molecule has 15 heavy (non-hydrogen) atoms. The number of likely N-dealkylation sites (tertiary alicyclic amines) is 1. The number of amides is 2. The van der Waals surface area contributed by atoms with Crippen LogP contribution in [0.15, 0.2) is 0 Å². The highest BCUT2D eigenvalue weighted by Crippen LogP contribution is 2.48. The summed E-state index contributed by atoms with van der Waals surface area (Å²) in [6.07, 6.45) is 1.81. The minimum atomic E-state index is -0.206. The molecule has 3 saturated heterocycles. The second-order valence-corrected chi connectivity index (χ2v) is 4.46. The highest BCUT2D eigenvalue weighted by Gasteiger charge is 2.61. The molecule has 0 radical (unpaired) electrons. The number of carbonyl (C=O) groups is 2. The first-order valence-corrected chi connectivity index (χ1v) is 5.45. The van der Waals surface area contributed by atoms with Gasteiger partial charge < -0.3 is 10.5 Å². The van der Waals surface area contributed by atoms with Gasteiger partial charge in [-0.3, -0.25) is 14.5 Å². The van der Waals surface area contributed by atoms with Gasteiger partial charge in [-0.15, -0.1) is 0 Å². The van der Waals surface area contributed by atoms with Crippen molar-refractivity contribution in [1.29, 1.82) is 0 Å². The molecule has 5 heteroatoms. The second-order valence-electron chi connectivity index (χ2n) is 4.46. The molecule has 3 rings (SSSR count). The van der Waals surface area contributed by atoms with Crippen molar-refractivity contribution in [1.82, 2.24) is 4.90 Å². The molecule has 0 aliphatic carbocycles. The predicted molar refractivity (Wildman–Crippen MR) is 50.6 cm³/mol. The lowest BCUT2D eigenvalue weighted by Crippen LogP contribution is -2.37. The molecule has 4 atom stereocenters. The molecule has 0 aromatic heterocycles. The van der Waals surface area contributed by atoms with Gasteiger partial charge in [0.15, 0.2) is 0 Å². The van der Waals surface area contributed by atoms with E-state index in [2.05, 4.69) is 0 Å². The fourth-order valence-corrected chi connectivity index (χ4v) is 3.12. The van der Waals surface area contributed by atoms with E-state index in [9.17, 15) is 9.59 Å². The van der Waals surface area contributed by atoms with E-state index in [0.717, 1.165) is 12.8 Å². The average Bonchev–Trinajstić information content (AvgIpc) is 2.87. The molecule has 2 bridgehead atoms. The van der Waals surface area contributed by atoms with Gasteiger partial charge in [-0.25, -0.2) is 0 Å². The quantitative estimate of drug-likeness (QED) is 0.600. The number of imide groups is 1. The maximum atomic E-state index is 11.9. The molecule has 0 aromatic carbocycles. The van der Waals surface area contributed by atoms with Gasteiger partial charge in [0.1, 0.15) is 0 Å². The molecule has 2 amide bonds. The monoisotopic (exact) mass is 210 g/mol. The largest absolute Gasteiger partial charge is 0.373 e. The molecule has 3 aliphatic rings. The molecular weight excluding hydrogens is 196 g/mol. The zero-order valence-corrected chi connectivity index (χ0v) is 8.39. The molecule has 3 heterocycles. The lowest BCUT2D eigenvalue weighted by atomic mass is 9.81. The van der Waals surface area contributed by atoms with Gasteiger partial charge in [-0.1, -0.05) is 0 Å².